The molecule has 2 amide bonds. The molecular formula is C24H22ClF3N6O6S. The van der Waals surface area contributed by atoms with Gasteiger partial charge in [0.15, 0.2) is 0 Å². The third kappa shape index (κ3) is 9.12. The van der Waals surface area contributed by atoms with Gasteiger partial charge in [0.2, 0.25) is 5.91 Å². The number of nitro benzene ring substituents is 1. The molecule has 17 heteroatoms. The number of hydrogen-bond donors (Lipinski definition) is 4. The molecule has 0 saturated heterocycles. The highest BCUT2D eigenvalue weighted by atomic mass is 35.5. The number of rotatable bonds is 12. The van der Waals surface area contributed by atoms with Gasteiger partial charge in [0.1, 0.15) is 5.82 Å². The minimum atomic E-state index is -4.59. The number of alkyl halides is 3. The summed E-state index contributed by atoms with van der Waals surface area (Å²) in [5.41, 5.74) is 1.27. The third-order valence-electron chi connectivity index (χ3n) is 5.35. The van der Waals surface area contributed by atoms with Gasteiger partial charge in [-0.25, -0.2) is 13.4 Å². The summed E-state index contributed by atoms with van der Waals surface area (Å²) in [6, 6.07) is 11.4. The number of nitro groups is 1. The molecule has 4 N–H and O–H groups in total. The van der Waals surface area contributed by atoms with Crippen molar-refractivity contribution in [3.05, 3.63) is 92.6 Å². The smallest absolute Gasteiger partial charge is 0.369 e. The quantitative estimate of drug-likeness (QED) is 0.135. The summed E-state index contributed by atoms with van der Waals surface area (Å²) in [5.74, 6) is -1.28. The lowest BCUT2D eigenvalue weighted by atomic mass is 10.1. The zero-order valence-electron chi connectivity index (χ0n) is 20.9. The SMILES string of the molecule is O=C(CCCNc1ncc(C(F)(F)F)cc1Cl)NNS(=O)(=O)c1cccc(CNC(=O)c2cccc([N+](=O)[O-])c2)c1. The van der Waals surface area contributed by atoms with Gasteiger partial charge in [-0.15, -0.1) is 4.83 Å². The number of carbonyl (C=O) groups excluding carboxylic acids is 2. The van der Waals surface area contributed by atoms with Crippen molar-refractivity contribution in [2.75, 3.05) is 11.9 Å². The molecule has 0 spiro atoms. The number of aromatic nitrogens is 1. The van der Waals surface area contributed by atoms with Crippen LogP contribution in [-0.4, -0.2) is 36.7 Å². The Balaban J connectivity index is 1.47. The lowest BCUT2D eigenvalue weighted by molar-refractivity contribution is -0.384. The van der Waals surface area contributed by atoms with Gasteiger partial charge in [-0.2, -0.15) is 13.2 Å². The van der Waals surface area contributed by atoms with Crippen molar-refractivity contribution in [3.8, 4) is 0 Å². The first kappa shape index (κ1) is 31.3. The fraction of sp³-hybridized carbons (Fsp3) is 0.208. The van der Waals surface area contributed by atoms with E-state index in [-0.39, 0.29) is 52.9 Å². The number of anilines is 1. The molecule has 0 bridgehead atoms. The highest BCUT2D eigenvalue weighted by Crippen LogP contribution is 2.32. The number of hydrazine groups is 1. The van der Waals surface area contributed by atoms with E-state index < -0.39 is 38.5 Å². The van der Waals surface area contributed by atoms with Gasteiger partial charge in [-0.1, -0.05) is 29.8 Å². The highest BCUT2D eigenvalue weighted by Gasteiger charge is 2.31. The Bertz CT molecular complexity index is 1550. The zero-order valence-corrected chi connectivity index (χ0v) is 22.4. The monoisotopic (exact) mass is 614 g/mol. The Kier molecular flexibility index (Phi) is 10.2. The Labute approximate surface area is 236 Å². The van der Waals surface area contributed by atoms with Gasteiger partial charge < -0.3 is 10.6 Å². The zero-order chi connectivity index (χ0) is 30.2. The van der Waals surface area contributed by atoms with Crippen molar-refractivity contribution >= 4 is 44.9 Å². The first-order chi connectivity index (χ1) is 19.3. The molecule has 0 atom stereocenters. The molecule has 1 aromatic heterocycles. The van der Waals surface area contributed by atoms with Crippen LogP contribution in [0.1, 0.15) is 34.3 Å². The number of nitrogens with zero attached hydrogens (tertiary/aromatic N) is 2. The number of nitrogens with one attached hydrogen (secondary N) is 4. The number of carbonyl (C=O) groups is 2. The van der Waals surface area contributed by atoms with E-state index in [1.807, 2.05) is 4.83 Å². The maximum Gasteiger partial charge on any atom is 0.417 e. The van der Waals surface area contributed by atoms with Crippen LogP contribution in [0.5, 0.6) is 0 Å². The largest absolute Gasteiger partial charge is 0.417 e. The Morgan fingerprint density at radius 1 is 1.07 bits per heavy atom. The maximum atomic E-state index is 12.7. The van der Waals surface area contributed by atoms with Gasteiger partial charge in [-0.3, -0.25) is 25.1 Å². The lowest BCUT2D eigenvalue weighted by Gasteiger charge is -2.11. The maximum absolute atomic E-state index is 12.7. The summed E-state index contributed by atoms with van der Waals surface area (Å²) in [6.45, 7) is 0.0321. The second-order valence-electron chi connectivity index (χ2n) is 8.37. The van der Waals surface area contributed by atoms with Gasteiger partial charge in [0.05, 0.1) is 20.4 Å². The molecular weight excluding hydrogens is 593 g/mol. The minimum absolute atomic E-state index is 0.00179. The van der Waals surface area contributed by atoms with Crippen molar-refractivity contribution < 1.29 is 36.1 Å². The molecule has 0 unspecified atom stereocenters. The molecule has 2 aromatic carbocycles. The van der Waals surface area contributed by atoms with Crippen molar-refractivity contribution in [1.29, 1.82) is 0 Å². The molecule has 0 saturated carbocycles. The molecule has 1 heterocycles. The predicted octanol–water partition coefficient (Wildman–Crippen LogP) is 3.79. The second-order valence-corrected chi connectivity index (χ2v) is 10.5. The normalized spacial score (nSPS) is 11.5. The fourth-order valence-corrected chi connectivity index (χ4v) is 4.46. The standard InChI is InChI=1S/C24H22ClF3N6O6S/c25-20-12-17(24(26,27)28)14-30-22(20)29-9-3-8-21(35)32-33-41(39,40)19-7-1-4-15(10-19)13-31-23(36)16-5-2-6-18(11-16)34(37)38/h1-2,4-7,10-12,14,33H,3,8-9,13H2,(H,29,30)(H,31,36)(H,32,35). The first-order valence-corrected chi connectivity index (χ1v) is 13.5. The highest BCUT2D eigenvalue weighted by molar-refractivity contribution is 7.89. The summed E-state index contributed by atoms with van der Waals surface area (Å²) in [7, 11) is -4.18. The molecule has 0 fully saturated rings. The molecule has 0 aliphatic carbocycles. The van der Waals surface area contributed by atoms with Gasteiger partial charge >= 0.3 is 6.18 Å². The number of amides is 2. The van der Waals surface area contributed by atoms with Crippen molar-refractivity contribution in [2.24, 2.45) is 0 Å². The minimum Gasteiger partial charge on any atom is -0.369 e. The van der Waals surface area contributed by atoms with E-state index in [4.69, 9.17) is 11.6 Å². The number of pyridine rings is 1. The summed E-state index contributed by atoms with van der Waals surface area (Å²) >= 11 is 5.80. The predicted molar refractivity (Wildman–Crippen MR) is 141 cm³/mol. The summed E-state index contributed by atoms with van der Waals surface area (Å²) in [6.07, 6.45) is -3.94. The first-order valence-electron chi connectivity index (χ1n) is 11.6. The van der Waals surface area contributed by atoms with Crippen LogP contribution in [0.15, 0.2) is 65.7 Å². The molecule has 3 rings (SSSR count). The van der Waals surface area contributed by atoms with E-state index in [1.165, 1.54) is 36.4 Å². The van der Waals surface area contributed by atoms with Crippen LogP contribution in [0.2, 0.25) is 5.02 Å². The van der Waals surface area contributed by atoms with E-state index in [1.54, 1.807) is 6.07 Å². The Morgan fingerprint density at radius 3 is 2.49 bits per heavy atom. The van der Waals surface area contributed by atoms with Crippen LogP contribution in [0.3, 0.4) is 0 Å². The number of sulfonamides is 1. The van der Waals surface area contributed by atoms with Crippen LogP contribution in [-0.2, 0) is 27.5 Å². The van der Waals surface area contributed by atoms with Gasteiger partial charge in [0, 0.05) is 43.4 Å². The summed E-state index contributed by atoms with van der Waals surface area (Å²) in [5, 5.41) is 15.9. The van der Waals surface area contributed by atoms with E-state index in [0.717, 1.165) is 12.1 Å². The lowest BCUT2D eigenvalue weighted by Crippen LogP contribution is -2.41. The average molecular weight is 615 g/mol. The van der Waals surface area contributed by atoms with Crippen LogP contribution < -0.4 is 20.9 Å². The molecule has 0 aliphatic heterocycles. The van der Waals surface area contributed by atoms with Crippen molar-refractivity contribution in [2.45, 2.75) is 30.5 Å². The number of benzene rings is 2. The molecule has 3 aromatic rings. The number of halogens is 4. The molecule has 41 heavy (non-hydrogen) atoms. The number of hydrogen-bond acceptors (Lipinski definition) is 8. The van der Waals surface area contributed by atoms with Crippen LogP contribution in [0.4, 0.5) is 24.7 Å². The van der Waals surface area contributed by atoms with Crippen molar-refractivity contribution in [1.82, 2.24) is 20.6 Å². The molecule has 0 aliphatic rings. The Morgan fingerprint density at radius 2 is 1.80 bits per heavy atom. The van der Waals surface area contributed by atoms with Gasteiger partial charge in [0.25, 0.3) is 21.6 Å². The van der Waals surface area contributed by atoms with E-state index in [0.29, 0.717) is 11.8 Å². The van der Waals surface area contributed by atoms with E-state index in [9.17, 15) is 41.3 Å². The molecule has 12 nitrogen and oxygen atoms in total. The summed E-state index contributed by atoms with van der Waals surface area (Å²) in [4.78, 5) is 40.0. The van der Waals surface area contributed by atoms with Crippen molar-refractivity contribution in [3.63, 3.8) is 0 Å². The average Bonchev–Trinajstić information content (AvgIpc) is 2.93. The fourth-order valence-electron chi connectivity index (χ4n) is 3.29. The van der Waals surface area contributed by atoms with Gasteiger partial charge in [-0.05, 0) is 36.2 Å². The van der Waals surface area contributed by atoms with Crippen LogP contribution in [0.25, 0.3) is 0 Å². The second kappa shape index (κ2) is 13.4. The van der Waals surface area contributed by atoms with E-state index in [2.05, 4.69) is 21.0 Å². The Hall–Kier alpha value is -4.28. The van der Waals surface area contributed by atoms with E-state index >= 15 is 0 Å². The molecule has 218 valence electrons. The van der Waals surface area contributed by atoms with Crippen LogP contribution >= 0.6 is 11.6 Å². The molecule has 0 radical (unpaired) electrons. The number of non-ortho nitro benzene ring substituents is 1. The van der Waals surface area contributed by atoms with Crippen LogP contribution in [0, 0.1) is 10.1 Å². The topological polar surface area (TPSA) is 172 Å². The third-order valence-corrected chi connectivity index (χ3v) is 6.88. The summed E-state index contributed by atoms with van der Waals surface area (Å²) < 4.78 is 63.3.